The van der Waals surface area contributed by atoms with E-state index >= 15 is 0 Å². The molecule has 15 heavy (non-hydrogen) atoms. The highest BCUT2D eigenvalue weighted by Gasteiger charge is 2.04. The van der Waals surface area contributed by atoms with E-state index in [9.17, 15) is 5.11 Å². The van der Waals surface area contributed by atoms with Crippen LogP contribution in [0.4, 0.5) is 0 Å². The molecular formula is C13H20O2. The Balaban J connectivity index is 2.42. The lowest BCUT2D eigenvalue weighted by atomic mass is 10.0. The molecule has 84 valence electrons. The van der Waals surface area contributed by atoms with Gasteiger partial charge in [0.05, 0.1) is 13.2 Å². The lowest BCUT2D eigenvalue weighted by Gasteiger charge is -2.10. The molecule has 0 radical (unpaired) electrons. The monoisotopic (exact) mass is 208 g/mol. The van der Waals surface area contributed by atoms with Crippen molar-refractivity contribution < 1.29 is 9.84 Å². The SMILES string of the molecule is CCCCC(O)Cc1ccc(OC)cc1. The van der Waals surface area contributed by atoms with Gasteiger partial charge in [-0.1, -0.05) is 31.9 Å². The van der Waals surface area contributed by atoms with Crippen molar-refractivity contribution in [1.82, 2.24) is 0 Å². The topological polar surface area (TPSA) is 29.5 Å². The molecule has 0 aromatic heterocycles. The fourth-order valence-electron chi connectivity index (χ4n) is 1.58. The molecule has 0 spiro atoms. The predicted octanol–water partition coefficient (Wildman–Crippen LogP) is 2.79. The summed E-state index contributed by atoms with van der Waals surface area (Å²) < 4.78 is 5.08. The summed E-state index contributed by atoms with van der Waals surface area (Å²) in [6.07, 6.45) is 3.65. The molecule has 0 saturated heterocycles. The van der Waals surface area contributed by atoms with Gasteiger partial charge in [0.2, 0.25) is 0 Å². The van der Waals surface area contributed by atoms with Gasteiger partial charge in [-0.3, -0.25) is 0 Å². The standard InChI is InChI=1S/C13H20O2/c1-3-4-5-12(14)10-11-6-8-13(15-2)9-7-11/h6-9,12,14H,3-5,10H2,1-2H3. The third-order valence-electron chi connectivity index (χ3n) is 2.52. The van der Waals surface area contributed by atoms with Crippen molar-refractivity contribution in [2.45, 2.75) is 38.7 Å². The summed E-state index contributed by atoms with van der Waals surface area (Å²) in [5.74, 6) is 0.863. The number of hydrogen-bond donors (Lipinski definition) is 1. The minimum Gasteiger partial charge on any atom is -0.497 e. The van der Waals surface area contributed by atoms with Crippen molar-refractivity contribution in [3.63, 3.8) is 0 Å². The Morgan fingerprint density at radius 3 is 2.47 bits per heavy atom. The Morgan fingerprint density at radius 1 is 1.27 bits per heavy atom. The van der Waals surface area contributed by atoms with Crippen molar-refractivity contribution in [3.05, 3.63) is 29.8 Å². The van der Waals surface area contributed by atoms with E-state index < -0.39 is 0 Å². The summed E-state index contributed by atoms with van der Waals surface area (Å²) in [5.41, 5.74) is 1.17. The van der Waals surface area contributed by atoms with Crippen LogP contribution >= 0.6 is 0 Å². The Bertz CT molecular complexity index is 266. The van der Waals surface area contributed by atoms with Gasteiger partial charge in [-0.05, 0) is 30.5 Å². The molecule has 2 nitrogen and oxygen atoms in total. The molecule has 1 aromatic carbocycles. The highest BCUT2D eigenvalue weighted by molar-refractivity contribution is 5.27. The number of ether oxygens (including phenoxy) is 1. The maximum Gasteiger partial charge on any atom is 0.118 e. The lowest BCUT2D eigenvalue weighted by molar-refractivity contribution is 0.162. The molecule has 1 rings (SSSR count). The van der Waals surface area contributed by atoms with E-state index in [1.807, 2.05) is 24.3 Å². The van der Waals surface area contributed by atoms with Gasteiger partial charge in [0.25, 0.3) is 0 Å². The first-order valence-electron chi connectivity index (χ1n) is 5.57. The van der Waals surface area contributed by atoms with Gasteiger partial charge in [-0.15, -0.1) is 0 Å². The molecular weight excluding hydrogens is 188 g/mol. The van der Waals surface area contributed by atoms with E-state index in [0.29, 0.717) is 0 Å². The first-order valence-corrected chi connectivity index (χ1v) is 5.57. The minimum atomic E-state index is -0.210. The van der Waals surface area contributed by atoms with Crippen molar-refractivity contribution in [2.24, 2.45) is 0 Å². The molecule has 1 aromatic rings. The van der Waals surface area contributed by atoms with Crippen LogP contribution in [0, 0.1) is 0 Å². The van der Waals surface area contributed by atoms with E-state index in [4.69, 9.17) is 4.74 Å². The van der Waals surface area contributed by atoms with Crippen molar-refractivity contribution in [3.8, 4) is 5.75 Å². The molecule has 2 heteroatoms. The van der Waals surface area contributed by atoms with E-state index in [1.165, 1.54) is 5.56 Å². The highest BCUT2D eigenvalue weighted by Crippen LogP contribution is 2.14. The zero-order chi connectivity index (χ0) is 11.1. The van der Waals surface area contributed by atoms with Crippen LogP contribution in [-0.2, 0) is 6.42 Å². The Morgan fingerprint density at radius 2 is 1.93 bits per heavy atom. The molecule has 0 amide bonds. The van der Waals surface area contributed by atoms with Crippen LogP contribution in [-0.4, -0.2) is 18.3 Å². The van der Waals surface area contributed by atoms with Crippen LogP contribution in [0.5, 0.6) is 5.75 Å². The zero-order valence-electron chi connectivity index (χ0n) is 9.57. The van der Waals surface area contributed by atoms with E-state index in [-0.39, 0.29) is 6.10 Å². The molecule has 0 aliphatic rings. The van der Waals surface area contributed by atoms with Gasteiger partial charge in [0.15, 0.2) is 0 Å². The molecule has 0 aliphatic heterocycles. The Kier molecular flexibility index (Phi) is 5.19. The van der Waals surface area contributed by atoms with E-state index in [2.05, 4.69) is 6.92 Å². The van der Waals surface area contributed by atoms with Gasteiger partial charge < -0.3 is 9.84 Å². The number of methoxy groups -OCH3 is 1. The molecule has 0 fully saturated rings. The zero-order valence-corrected chi connectivity index (χ0v) is 9.57. The van der Waals surface area contributed by atoms with Crippen molar-refractivity contribution in [1.29, 1.82) is 0 Å². The summed E-state index contributed by atoms with van der Waals surface area (Å²) in [6.45, 7) is 2.14. The summed E-state index contributed by atoms with van der Waals surface area (Å²) in [5, 5.41) is 9.73. The second kappa shape index (κ2) is 6.46. The van der Waals surface area contributed by atoms with Crippen LogP contribution in [0.15, 0.2) is 24.3 Å². The smallest absolute Gasteiger partial charge is 0.118 e. The summed E-state index contributed by atoms with van der Waals surface area (Å²) in [4.78, 5) is 0. The van der Waals surface area contributed by atoms with Crippen LogP contribution in [0.3, 0.4) is 0 Å². The largest absolute Gasteiger partial charge is 0.497 e. The second-order valence-electron chi connectivity index (χ2n) is 3.85. The average Bonchev–Trinajstić information content (AvgIpc) is 2.27. The van der Waals surface area contributed by atoms with Crippen molar-refractivity contribution >= 4 is 0 Å². The van der Waals surface area contributed by atoms with Gasteiger partial charge in [-0.25, -0.2) is 0 Å². The van der Waals surface area contributed by atoms with Crippen LogP contribution < -0.4 is 4.74 Å². The first-order chi connectivity index (χ1) is 7.26. The second-order valence-corrected chi connectivity index (χ2v) is 3.85. The van der Waals surface area contributed by atoms with Gasteiger partial charge in [0.1, 0.15) is 5.75 Å². The first kappa shape index (κ1) is 12.1. The molecule has 0 bridgehead atoms. The normalized spacial score (nSPS) is 12.5. The number of rotatable bonds is 6. The third kappa shape index (κ3) is 4.34. The number of aliphatic hydroxyl groups is 1. The molecule has 1 atom stereocenters. The third-order valence-corrected chi connectivity index (χ3v) is 2.52. The summed E-state index contributed by atoms with van der Waals surface area (Å²) in [6, 6.07) is 7.88. The van der Waals surface area contributed by atoms with Gasteiger partial charge >= 0.3 is 0 Å². The number of benzene rings is 1. The quantitative estimate of drug-likeness (QED) is 0.779. The molecule has 0 saturated carbocycles. The maximum absolute atomic E-state index is 9.73. The number of unbranched alkanes of at least 4 members (excludes halogenated alkanes) is 1. The fraction of sp³-hybridized carbons (Fsp3) is 0.538. The highest BCUT2D eigenvalue weighted by atomic mass is 16.5. The molecule has 0 aliphatic carbocycles. The fourth-order valence-corrected chi connectivity index (χ4v) is 1.58. The van der Waals surface area contributed by atoms with Crippen molar-refractivity contribution in [2.75, 3.05) is 7.11 Å². The molecule has 1 N–H and O–H groups in total. The average molecular weight is 208 g/mol. The number of aliphatic hydroxyl groups excluding tert-OH is 1. The van der Waals surface area contributed by atoms with Gasteiger partial charge in [-0.2, -0.15) is 0 Å². The molecule has 0 heterocycles. The predicted molar refractivity (Wildman–Crippen MR) is 62.2 cm³/mol. The van der Waals surface area contributed by atoms with E-state index in [0.717, 1.165) is 31.4 Å². The molecule has 1 unspecified atom stereocenters. The Hall–Kier alpha value is -1.02. The number of hydrogen-bond acceptors (Lipinski definition) is 2. The van der Waals surface area contributed by atoms with Crippen LogP contribution in [0.2, 0.25) is 0 Å². The maximum atomic E-state index is 9.73. The van der Waals surface area contributed by atoms with Crippen LogP contribution in [0.1, 0.15) is 31.7 Å². The van der Waals surface area contributed by atoms with Gasteiger partial charge in [0, 0.05) is 0 Å². The van der Waals surface area contributed by atoms with Crippen LogP contribution in [0.25, 0.3) is 0 Å². The Labute approximate surface area is 91.9 Å². The lowest BCUT2D eigenvalue weighted by Crippen LogP contribution is -2.09. The summed E-state index contributed by atoms with van der Waals surface area (Å²) >= 11 is 0. The minimum absolute atomic E-state index is 0.210. The van der Waals surface area contributed by atoms with E-state index in [1.54, 1.807) is 7.11 Å². The summed E-state index contributed by atoms with van der Waals surface area (Å²) in [7, 11) is 1.66.